The number of alkyl carbamates (subject to hydrolysis) is 1. The first-order valence-corrected chi connectivity index (χ1v) is 12.0. The van der Waals surface area contributed by atoms with Crippen molar-refractivity contribution in [1.82, 2.24) is 5.32 Å². The summed E-state index contributed by atoms with van der Waals surface area (Å²) >= 11 is 2.42. The van der Waals surface area contributed by atoms with Crippen molar-refractivity contribution in [2.45, 2.75) is 32.1 Å². The van der Waals surface area contributed by atoms with Gasteiger partial charge in [-0.2, -0.15) is 0 Å². The van der Waals surface area contributed by atoms with Gasteiger partial charge in [-0.05, 0) is 50.6 Å². The molecule has 9 nitrogen and oxygen atoms in total. The van der Waals surface area contributed by atoms with Crippen LogP contribution in [0.2, 0.25) is 0 Å². The molecule has 0 unspecified atom stereocenters. The number of rotatable bonds is 10. The van der Waals surface area contributed by atoms with Crippen LogP contribution >= 0.6 is 23.1 Å². The summed E-state index contributed by atoms with van der Waals surface area (Å²) in [4.78, 5) is 50.3. The maximum atomic E-state index is 12.7. The zero-order chi connectivity index (χ0) is 24.4. The fourth-order valence-corrected chi connectivity index (χ4v) is 4.68. The van der Waals surface area contributed by atoms with E-state index in [2.05, 4.69) is 10.6 Å². The first-order chi connectivity index (χ1) is 15.8. The van der Waals surface area contributed by atoms with Gasteiger partial charge in [0.2, 0.25) is 5.91 Å². The third kappa shape index (κ3) is 7.50. The highest BCUT2D eigenvalue weighted by atomic mass is 32.2. The van der Waals surface area contributed by atoms with E-state index in [9.17, 15) is 19.2 Å². The Morgan fingerprint density at radius 2 is 1.70 bits per heavy atom. The SMILES string of the molecule is CCOC(=O)NC(=O)c1c(NC(=O)CCSc2ccc(OC)cc2)sc(C(=O)OCC)c1C. The summed E-state index contributed by atoms with van der Waals surface area (Å²) in [5.74, 6) is -0.479. The zero-order valence-corrected chi connectivity index (χ0v) is 20.4. The number of amides is 3. The van der Waals surface area contributed by atoms with E-state index < -0.39 is 18.0 Å². The number of thiophene rings is 1. The van der Waals surface area contributed by atoms with Crippen LogP contribution in [0.25, 0.3) is 0 Å². The summed E-state index contributed by atoms with van der Waals surface area (Å²) in [7, 11) is 1.59. The minimum absolute atomic E-state index is 0.0206. The second-order valence-corrected chi connectivity index (χ2v) is 8.67. The molecule has 1 heterocycles. The van der Waals surface area contributed by atoms with Crippen molar-refractivity contribution in [3.63, 3.8) is 0 Å². The molecule has 178 valence electrons. The second kappa shape index (κ2) is 12.9. The highest BCUT2D eigenvalue weighted by Crippen LogP contribution is 2.34. The molecule has 1 aromatic heterocycles. The molecule has 0 aliphatic rings. The molecule has 2 rings (SSSR count). The van der Waals surface area contributed by atoms with Crippen LogP contribution in [-0.4, -0.2) is 50.0 Å². The molecule has 2 N–H and O–H groups in total. The number of thioether (sulfide) groups is 1. The van der Waals surface area contributed by atoms with Crippen molar-refractivity contribution >= 4 is 52.0 Å². The molecule has 0 atom stereocenters. The largest absolute Gasteiger partial charge is 0.497 e. The van der Waals surface area contributed by atoms with Crippen molar-refractivity contribution in [3.8, 4) is 5.75 Å². The van der Waals surface area contributed by atoms with Gasteiger partial charge in [0.05, 0.1) is 25.9 Å². The van der Waals surface area contributed by atoms with Crippen LogP contribution in [0.4, 0.5) is 9.80 Å². The van der Waals surface area contributed by atoms with Gasteiger partial charge >= 0.3 is 12.1 Å². The third-order valence-electron chi connectivity index (χ3n) is 4.24. The van der Waals surface area contributed by atoms with Crippen LogP contribution in [0.3, 0.4) is 0 Å². The lowest BCUT2D eigenvalue weighted by Crippen LogP contribution is -2.32. The fraction of sp³-hybridized carbons (Fsp3) is 0.364. The quantitative estimate of drug-likeness (QED) is 0.372. The number of hydrogen-bond acceptors (Lipinski definition) is 9. The van der Waals surface area contributed by atoms with E-state index in [1.165, 1.54) is 11.8 Å². The Kier molecular flexibility index (Phi) is 10.2. The summed E-state index contributed by atoms with van der Waals surface area (Å²) in [5.41, 5.74) is 0.329. The Morgan fingerprint density at radius 1 is 1.03 bits per heavy atom. The van der Waals surface area contributed by atoms with Crippen LogP contribution in [0, 0.1) is 6.92 Å². The topological polar surface area (TPSA) is 120 Å². The molecule has 11 heteroatoms. The molecule has 2 aromatic rings. The van der Waals surface area contributed by atoms with Crippen LogP contribution in [0.5, 0.6) is 5.75 Å². The average molecular weight is 495 g/mol. The van der Waals surface area contributed by atoms with Crippen molar-refractivity contribution in [3.05, 3.63) is 40.3 Å². The van der Waals surface area contributed by atoms with Gasteiger partial charge in [-0.3, -0.25) is 14.9 Å². The molecule has 0 spiro atoms. The van der Waals surface area contributed by atoms with Crippen LogP contribution in [-0.2, 0) is 14.3 Å². The minimum Gasteiger partial charge on any atom is -0.497 e. The van der Waals surface area contributed by atoms with Crippen molar-refractivity contribution < 1.29 is 33.4 Å². The average Bonchev–Trinajstić information content (AvgIpc) is 3.10. The number of carbonyl (C=O) groups excluding carboxylic acids is 4. The van der Waals surface area contributed by atoms with Gasteiger partial charge in [0.1, 0.15) is 15.6 Å². The summed E-state index contributed by atoms with van der Waals surface area (Å²) in [6, 6.07) is 7.46. The number of anilines is 1. The van der Waals surface area contributed by atoms with Crippen LogP contribution in [0.15, 0.2) is 29.2 Å². The highest BCUT2D eigenvalue weighted by molar-refractivity contribution is 7.99. The number of benzene rings is 1. The van der Waals surface area contributed by atoms with E-state index in [0.29, 0.717) is 11.3 Å². The fourth-order valence-electron chi connectivity index (χ4n) is 2.71. The molecular weight excluding hydrogens is 468 g/mol. The van der Waals surface area contributed by atoms with Crippen molar-refractivity contribution in [2.24, 2.45) is 0 Å². The van der Waals surface area contributed by atoms with E-state index in [1.54, 1.807) is 27.9 Å². The first-order valence-electron chi connectivity index (χ1n) is 10.2. The first kappa shape index (κ1) is 26.2. The van der Waals surface area contributed by atoms with Gasteiger partial charge in [-0.1, -0.05) is 0 Å². The zero-order valence-electron chi connectivity index (χ0n) is 18.8. The standard InChI is InChI=1S/C22H26N2O7S2/c1-5-30-21(27)18-13(3)17(19(26)24-22(28)31-6-2)20(33-18)23-16(25)11-12-32-15-9-7-14(29-4)8-10-15/h7-10H,5-6,11-12H2,1-4H3,(H,23,25)(H,24,26,28). The van der Waals surface area contributed by atoms with E-state index in [1.807, 2.05) is 24.3 Å². The summed E-state index contributed by atoms with van der Waals surface area (Å²) < 4.78 is 14.9. The van der Waals surface area contributed by atoms with Crippen LogP contribution in [0.1, 0.15) is 45.9 Å². The molecule has 0 fully saturated rings. The van der Waals surface area contributed by atoms with E-state index in [0.717, 1.165) is 22.0 Å². The van der Waals surface area contributed by atoms with Crippen molar-refractivity contribution in [1.29, 1.82) is 0 Å². The van der Waals surface area contributed by atoms with Crippen molar-refractivity contribution in [2.75, 3.05) is 31.4 Å². The Morgan fingerprint density at radius 3 is 2.30 bits per heavy atom. The van der Waals surface area contributed by atoms with E-state index in [-0.39, 0.29) is 41.0 Å². The van der Waals surface area contributed by atoms with E-state index >= 15 is 0 Å². The molecule has 0 saturated carbocycles. The van der Waals surface area contributed by atoms with Gasteiger partial charge in [0.15, 0.2) is 0 Å². The number of carbonyl (C=O) groups is 4. The summed E-state index contributed by atoms with van der Waals surface area (Å²) in [6.07, 6.45) is -0.750. The predicted molar refractivity (Wildman–Crippen MR) is 126 cm³/mol. The number of methoxy groups -OCH3 is 1. The molecular formula is C22H26N2O7S2. The monoisotopic (exact) mass is 494 g/mol. The molecule has 0 saturated heterocycles. The number of hydrogen-bond donors (Lipinski definition) is 2. The normalized spacial score (nSPS) is 10.3. The highest BCUT2D eigenvalue weighted by Gasteiger charge is 2.27. The smallest absolute Gasteiger partial charge is 0.414 e. The van der Waals surface area contributed by atoms with E-state index in [4.69, 9.17) is 14.2 Å². The number of imide groups is 1. The molecule has 0 radical (unpaired) electrons. The number of ether oxygens (including phenoxy) is 3. The third-order valence-corrected chi connectivity index (χ3v) is 6.44. The lowest BCUT2D eigenvalue weighted by atomic mass is 10.1. The molecule has 0 bridgehead atoms. The van der Waals surface area contributed by atoms with Gasteiger partial charge in [0, 0.05) is 17.1 Å². The molecule has 0 aliphatic carbocycles. The number of nitrogens with one attached hydrogen (secondary N) is 2. The molecule has 0 aliphatic heterocycles. The maximum absolute atomic E-state index is 12.7. The molecule has 1 aromatic carbocycles. The molecule has 33 heavy (non-hydrogen) atoms. The predicted octanol–water partition coefficient (Wildman–Crippen LogP) is 4.25. The van der Waals surface area contributed by atoms with Gasteiger partial charge in [-0.15, -0.1) is 23.1 Å². The Hall–Kier alpha value is -3.05. The number of esters is 1. The summed E-state index contributed by atoms with van der Waals surface area (Å²) in [6.45, 7) is 5.07. The maximum Gasteiger partial charge on any atom is 0.414 e. The minimum atomic E-state index is -0.918. The lowest BCUT2D eigenvalue weighted by Gasteiger charge is -2.08. The van der Waals surface area contributed by atoms with Gasteiger partial charge < -0.3 is 19.5 Å². The Balaban J connectivity index is 2.12. The lowest BCUT2D eigenvalue weighted by molar-refractivity contribution is -0.115. The van der Waals surface area contributed by atoms with Gasteiger partial charge in [-0.25, -0.2) is 9.59 Å². The Labute approximate surface area is 200 Å². The summed E-state index contributed by atoms with van der Waals surface area (Å²) in [5, 5.41) is 4.95. The second-order valence-electron chi connectivity index (χ2n) is 6.48. The molecule has 3 amide bonds. The Bertz CT molecular complexity index is 1000. The van der Waals surface area contributed by atoms with Crippen LogP contribution < -0.4 is 15.4 Å². The van der Waals surface area contributed by atoms with Gasteiger partial charge in [0.25, 0.3) is 5.91 Å².